The van der Waals surface area contributed by atoms with Crippen LogP contribution in [0.2, 0.25) is 0 Å². The second kappa shape index (κ2) is 3.19. The maximum absolute atomic E-state index is 11.4. The molecule has 8 heteroatoms. The van der Waals surface area contributed by atoms with E-state index in [1.54, 1.807) is 0 Å². The molecule has 0 atom stereocenters. The van der Waals surface area contributed by atoms with Crippen LogP contribution in [0.15, 0.2) is 21.7 Å². The molecule has 0 saturated carbocycles. The van der Waals surface area contributed by atoms with E-state index in [9.17, 15) is 19.7 Å². The van der Waals surface area contributed by atoms with Crippen LogP contribution in [0, 0.1) is 10.1 Å². The van der Waals surface area contributed by atoms with E-state index in [0.29, 0.717) is 0 Å². The molecule has 8 nitrogen and oxygen atoms in total. The maximum atomic E-state index is 11.4. The Hall–Kier alpha value is -2.64. The number of nitrogens with one attached hydrogen (secondary N) is 2. The summed E-state index contributed by atoms with van der Waals surface area (Å²) < 4.78 is 0. The van der Waals surface area contributed by atoms with E-state index < -0.39 is 21.7 Å². The van der Waals surface area contributed by atoms with Crippen LogP contribution in [-0.4, -0.2) is 15.1 Å². The predicted molar refractivity (Wildman–Crippen MR) is 56.3 cm³/mol. The highest BCUT2D eigenvalue weighted by Gasteiger charge is 2.17. The van der Waals surface area contributed by atoms with Crippen molar-refractivity contribution in [2.75, 3.05) is 5.73 Å². The monoisotopic (exact) mass is 222 g/mol. The summed E-state index contributed by atoms with van der Waals surface area (Å²) in [5.74, 6) is 0. The van der Waals surface area contributed by atoms with Crippen molar-refractivity contribution in [3.63, 3.8) is 0 Å². The Morgan fingerprint density at radius 3 is 2.44 bits per heavy atom. The fraction of sp³-hybridized carbons (Fsp3) is 0. The SMILES string of the molecule is Nc1c([N+](=O)[O-])ccc2c(=O)[nH][nH]c(=O)c12. The molecular formula is C8H6N4O4. The Kier molecular flexibility index (Phi) is 1.97. The molecule has 2 rings (SSSR count). The fourth-order valence-electron chi connectivity index (χ4n) is 1.44. The van der Waals surface area contributed by atoms with Crippen LogP contribution in [-0.2, 0) is 0 Å². The van der Waals surface area contributed by atoms with Crippen molar-refractivity contribution in [3.05, 3.63) is 43.0 Å². The van der Waals surface area contributed by atoms with Gasteiger partial charge in [-0.1, -0.05) is 0 Å². The van der Waals surface area contributed by atoms with Gasteiger partial charge in [-0.2, -0.15) is 0 Å². The number of nitro benzene ring substituents is 1. The number of nitrogens with two attached hydrogens (primary N) is 1. The summed E-state index contributed by atoms with van der Waals surface area (Å²) in [5.41, 5.74) is 3.54. The average Bonchev–Trinajstić information content (AvgIpc) is 2.23. The van der Waals surface area contributed by atoms with Crippen molar-refractivity contribution >= 4 is 22.1 Å². The number of nitro groups is 1. The molecule has 0 saturated heterocycles. The van der Waals surface area contributed by atoms with E-state index in [-0.39, 0.29) is 16.5 Å². The summed E-state index contributed by atoms with van der Waals surface area (Å²) in [6.45, 7) is 0. The normalized spacial score (nSPS) is 10.5. The second-order valence-electron chi connectivity index (χ2n) is 3.09. The van der Waals surface area contributed by atoms with Gasteiger partial charge in [0, 0.05) is 6.07 Å². The van der Waals surface area contributed by atoms with Gasteiger partial charge in [-0.25, -0.2) is 0 Å². The minimum atomic E-state index is -0.713. The number of fused-ring (bicyclic) bond motifs is 1. The number of hydrogen-bond acceptors (Lipinski definition) is 5. The topological polar surface area (TPSA) is 135 Å². The van der Waals surface area contributed by atoms with Gasteiger partial charge >= 0.3 is 0 Å². The molecule has 16 heavy (non-hydrogen) atoms. The third-order valence-electron chi connectivity index (χ3n) is 2.18. The molecule has 0 aliphatic carbocycles. The first-order valence-electron chi connectivity index (χ1n) is 4.20. The quantitative estimate of drug-likeness (QED) is 0.346. The number of aromatic amines is 2. The Labute approximate surface area is 86.8 Å². The molecule has 0 radical (unpaired) electrons. The number of H-pyrrole nitrogens is 2. The van der Waals surface area contributed by atoms with E-state index in [1.807, 2.05) is 0 Å². The van der Waals surface area contributed by atoms with Crippen molar-refractivity contribution in [1.82, 2.24) is 10.2 Å². The highest BCUT2D eigenvalue weighted by molar-refractivity contribution is 5.95. The van der Waals surface area contributed by atoms with Crippen LogP contribution in [0.1, 0.15) is 0 Å². The van der Waals surface area contributed by atoms with Gasteiger partial charge in [-0.3, -0.25) is 29.9 Å². The molecule has 0 spiro atoms. The molecule has 0 aliphatic rings. The maximum Gasteiger partial charge on any atom is 0.292 e. The number of nitrogens with zero attached hydrogens (tertiary/aromatic N) is 1. The highest BCUT2D eigenvalue weighted by Crippen LogP contribution is 2.25. The zero-order valence-corrected chi connectivity index (χ0v) is 7.81. The first kappa shape index (κ1) is 9.90. The first-order valence-corrected chi connectivity index (χ1v) is 4.20. The number of anilines is 1. The van der Waals surface area contributed by atoms with Gasteiger partial charge in [0.25, 0.3) is 16.8 Å². The Balaban J connectivity index is 3.06. The highest BCUT2D eigenvalue weighted by atomic mass is 16.6. The molecule has 82 valence electrons. The number of nitrogen functional groups attached to an aromatic ring is 1. The lowest BCUT2D eigenvalue weighted by atomic mass is 10.1. The van der Waals surface area contributed by atoms with Gasteiger partial charge in [0.2, 0.25) is 0 Å². The number of benzene rings is 1. The van der Waals surface area contributed by atoms with Gasteiger partial charge in [0.05, 0.1) is 15.7 Å². The van der Waals surface area contributed by atoms with Crippen LogP contribution >= 0.6 is 0 Å². The summed E-state index contributed by atoms with van der Waals surface area (Å²) in [6, 6.07) is 2.28. The van der Waals surface area contributed by atoms with Gasteiger partial charge in [0.15, 0.2) is 0 Å². The van der Waals surface area contributed by atoms with Crippen LogP contribution in [0.4, 0.5) is 11.4 Å². The summed E-state index contributed by atoms with van der Waals surface area (Å²) in [6.07, 6.45) is 0. The summed E-state index contributed by atoms with van der Waals surface area (Å²) in [7, 11) is 0. The van der Waals surface area contributed by atoms with Crippen LogP contribution in [0.3, 0.4) is 0 Å². The zero-order valence-electron chi connectivity index (χ0n) is 7.81. The lowest BCUT2D eigenvalue weighted by molar-refractivity contribution is -0.383. The predicted octanol–water partition coefficient (Wildman–Crippen LogP) is -0.293. The molecular weight excluding hydrogens is 216 g/mol. The van der Waals surface area contributed by atoms with Crippen LogP contribution in [0.25, 0.3) is 10.8 Å². The molecule has 0 aliphatic heterocycles. The average molecular weight is 222 g/mol. The molecule has 0 fully saturated rings. The summed E-state index contributed by atoms with van der Waals surface area (Å²) in [4.78, 5) is 32.6. The molecule has 2 aromatic rings. The minimum absolute atomic E-state index is 0.0202. The van der Waals surface area contributed by atoms with Crippen molar-refractivity contribution < 1.29 is 4.92 Å². The van der Waals surface area contributed by atoms with Gasteiger partial charge < -0.3 is 5.73 Å². The largest absolute Gasteiger partial charge is 0.392 e. The standard InChI is InChI=1S/C8H6N4O4/c9-6-4(12(15)16)2-1-3-5(6)8(14)11-10-7(3)13/h1-2H,9H2,(H,10,13)(H,11,14). The van der Waals surface area contributed by atoms with Crippen LogP contribution in [0.5, 0.6) is 0 Å². The van der Waals surface area contributed by atoms with E-state index in [4.69, 9.17) is 5.73 Å². The lowest BCUT2D eigenvalue weighted by Gasteiger charge is -2.00. The first-order chi connectivity index (χ1) is 7.52. The molecule has 1 aromatic carbocycles. The Morgan fingerprint density at radius 1 is 1.19 bits per heavy atom. The van der Waals surface area contributed by atoms with Crippen molar-refractivity contribution in [3.8, 4) is 0 Å². The zero-order chi connectivity index (χ0) is 11.9. The van der Waals surface area contributed by atoms with E-state index in [0.717, 1.165) is 6.07 Å². The Morgan fingerprint density at radius 2 is 1.81 bits per heavy atom. The summed E-state index contributed by atoms with van der Waals surface area (Å²) >= 11 is 0. The van der Waals surface area contributed by atoms with E-state index >= 15 is 0 Å². The molecule has 1 heterocycles. The minimum Gasteiger partial charge on any atom is -0.392 e. The van der Waals surface area contributed by atoms with Crippen molar-refractivity contribution in [1.29, 1.82) is 0 Å². The Bertz CT molecular complexity index is 699. The summed E-state index contributed by atoms with van der Waals surface area (Å²) in [5, 5.41) is 14.6. The third-order valence-corrected chi connectivity index (χ3v) is 2.18. The number of rotatable bonds is 1. The van der Waals surface area contributed by atoms with Gasteiger partial charge in [0.1, 0.15) is 5.69 Å². The van der Waals surface area contributed by atoms with Crippen molar-refractivity contribution in [2.24, 2.45) is 0 Å². The molecule has 0 unspecified atom stereocenters. The second-order valence-corrected chi connectivity index (χ2v) is 3.09. The smallest absolute Gasteiger partial charge is 0.292 e. The van der Waals surface area contributed by atoms with E-state index in [2.05, 4.69) is 10.2 Å². The lowest BCUT2D eigenvalue weighted by Crippen LogP contribution is -2.20. The number of aromatic nitrogens is 2. The van der Waals surface area contributed by atoms with E-state index in [1.165, 1.54) is 6.07 Å². The fourth-order valence-corrected chi connectivity index (χ4v) is 1.44. The number of hydrogen-bond donors (Lipinski definition) is 3. The molecule has 4 N–H and O–H groups in total. The van der Waals surface area contributed by atoms with Gasteiger partial charge in [-0.05, 0) is 6.07 Å². The van der Waals surface area contributed by atoms with Crippen LogP contribution < -0.4 is 16.9 Å². The van der Waals surface area contributed by atoms with Gasteiger partial charge in [-0.15, -0.1) is 0 Å². The van der Waals surface area contributed by atoms with Crippen molar-refractivity contribution in [2.45, 2.75) is 0 Å². The molecule has 0 bridgehead atoms. The molecule has 1 aromatic heterocycles. The molecule has 0 amide bonds. The third kappa shape index (κ3) is 1.24.